The first kappa shape index (κ1) is 29.9. The number of aryl methyl sites for hydroxylation is 1. The van der Waals surface area contributed by atoms with E-state index in [1.165, 1.54) is 36.4 Å². The number of benzene rings is 3. The number of rotatable bonds is 13. The highest BCUT2D eigenvalue weighted by atomic mass is 32.2. The first-order valence-corrected chi connectivity index (χ1v) is 13.2. The predicted molar refractivity (Wildman–Crippen MR) is 139 cm³/mol. The molecule has 0 fully saturated rings. The lowest BCUT2D eigenvalue weighted by Crippen LogP contribution is -2.26. The van der Waals surface area contributed by atoms with Crippen LogP contribution in [0.4, 0.5) is 11.4 Å². The average molecular weight is 573 g/mol. The number of carbonyl (C=O) groups is 2. The lowest BCUT2D eigenvalue weighted by molar-refractivity contribution is -0.385. The van der Waals surface area contributed by atoms with Crippen LogP contribution in [0.5, 0.6) is 0 Å². The van der Waals surface area contributed by atoms with Crippen LogP contribution in [0.25, 0.3) is 0 Å². The maximum atomic E-state index is 12.6. The highest BCUT2D eigenvalue weighted by Gasteiger charge is 2.23. The molecule has 0 aliphatic rings. The van der Waals surface area contributed by atoms with Crippen molar-refractivity contribution in [2.24, 2.45) is 0 Å². The van der Waals surface area contributed by atoms with Gasteiger partial charge in [0.2, 0.25) is 0 Å². The minimum Gasteiger partial charge on any atom is -0.462 e. The molecule has 0 aromatic heterocycles. The van der Waals surface area contributed by atoms with Gasteiger partial charge in [-0.2, -0.15) is 8.42 Å². The van der Waals surface area contributed by atoms with E-state index < -0.39 is 44.6 Å². The molecule has 0 saturated carbocycles. The van der Waals surface area contributed by atoms with Gasteiger partial charge in [-0.15, -0.1) is 0 Å². The smallest absolute Gasteiger partial charge is 0.338 e. The van der Waals surface area contributed by atoms with Gasteiger partial charge in [-0.25, -0.2) is 9.59 Å². The van der Waals surface area contributed by atoms with Crippen LogP contribution in [0.2, 0.25) is 0 Å². The van der Waals surface area contributed by atoms with Crippen molar-refractivity contribution in [2.75, 3.05) is 13.2 Å². The summed E-state index contributed by atoms with van der Waals surface area (Å²) in [7, 11) is -4.18. The molecule has 13 nitrogen and oxygen atoms in total. The molecule has 0 unspecified atom stereocenters. The molecule has 0 aliphatic heterocycles. The summed E-state index contributed by atoms with van der Waals surface area (Å²) in [6.07, 6.45) is -0.901. The van der Waals surface area contributed by atoms with Crippen LogP contribution in [0.1, 0.15) is 39.1 Å². The van der Waals surface area contributed by atoms with Crippen molar-refractivity contribution < 1.29 is 41.5 Å². The Morgan fingerprint density at radius 3 is 1.80 bits per heavy atom. The SMILES string of the molecule is Cc1ccc(S(=O)(=O)OC[C@H](CCCOC(=O)c2ccc([N+](=O)[O-])cc2)OC(=O)c2ccc([N+](=O)[O-])cc2)cc1. The maximum Gasteiger partial charge on any atom is 0.338 e. The molecular weight excluding hydrogens is 548 g/mol. The highest BCUT2D eigenvalue weighted by molar-refractivity contribution is 7.86. The molecule has 0 aliphatic carbocycles. The van der Waals surface area contributed by atoms with Crippen molar-refractivity contribution in [3.05, 3.63) is 110 Å². The Morgan fingerprint density at radius 1 is 0.800 bits per heavy atom. The molecule has 0 radical (unpaired) electrons. The van der Waals surface area contributed by atoms with Gasteiger partial charge in [0.1, 0.15) is 12.7 Å². The summed E-state index contributed by atoms with van der Waals surface area (Å²) in [6.45, 7) is 1.12. The van der Waals surface area contributed by atoms with Gasteiger partial charge >= 0.3 is 11.9 Å². The van der Waals surface area contributed by atoms with Gasteiger partial charge in [-0.1, -0.05) is 17.7 Å². The van der Waals surface area contributed by atoms with Crippen molar-refractivity contribution >= 4 is 33.4 Å². The largest absolute Gasteiger partial charge is 0.462 e. The van der Waals surface area contributed by atoms with Crippen LogP contribution >= 0.6 is 0 Å². The third-order valence-electron chi connectivity index (χ3n) is 5.52. The molecule has 14 heteroatoms. The van der Waals surface area contributed by atoms with E-state index in [9.17, 15) is 38.2 Å². The quantitative estimate of drug-likeness (QED) is 0.0931. The van der Waals surface area contributed by atoms with E-state index in [1.807, 2.05) is 0 Å². The normalized spacial score (nSPS) is 11.8. The highest BCUT2D eigenvalue weighted by Crippen LogP contribution is 2.18. The van der Waals surface area contributed by atoms with Gasteiger partial charge < -0.3 is 9.47 Å². The summed E-state index contributed by atoms with van der Waals surface area (Å²) in [5, 5.41) is 21.6. The molecule has 0 bridgehead atoms. The molecule has 0 heterocycles. The zero-order valence-corrected chi connectivity index (χ0v) is 21.9. The summed E-state index contributed by atoms with van der Waals surface area (Å²) in [5.74, 6) is -1.59. The zero-order chi connectivity index (χ0) is 29.3. The molecule has 0 saturated heterocycles. The fourth-order valence-corrected chi connectivity index (χ4v) is 4.27. The van der Waals surface area contributed by atoms with Gasteiger partial charge in [0, 0.05) is 24.3 Å². The van der Waals surface area contributed by atoms with Crippen molar-refractivity contribution in [2.45, 2.75) is 30.8 Å². The van der Waals surface area contributed by atoms with Crippen LogP contribution in [-0.4, -0.2) is 49.5 Å². The molecule has 210 valence electrons. The van der Waals surface area contributed by atoms with Crippen LogP contribution in [0.3, 0.4) is 0 Å². The van der Waals surface area contributed by atoms with Gasteiger partial charge in [0.25, 0.3) is 21.5 Å². The lowest BCUT2D eigenvalue weighted by atomic mass is 10.2. The van der Waals surface area contributed by atoms with Crippen LogP contribution in [0.15, 0.2) is 77.7 Å². The number of ether oxygens (including phenoxy) is 2. The van der Waals surface area contributed by atoms with E-state index >= 15 is 0 Å². The molecule has 0 N–H and O–H groups in total. The summed E-state index contributed by atoms with van der Waals surface area (Å²) in [6, 6.07) is 15.4. The number of nitro groups is 2. The van der Waals surface area contributed by atoms with Gasteiger partial charge in [-0.3, -0.25) is 24.4 Å². The maximum absolute atomic E-state index is 12.6. The van der Waals surface area contributed by atoms with E-state index in [0.717, 1.165) is 29.8 Å². The predicted octanol–water partition coefficient (Wildman–Crippen LogP) is 4.38. The van der Waals surface area contributed by atoms with Crippen molar-refractivity contribution in [1.29, 1.82) is 0 Å². The minimum absolute atomic E-state index is 0.00147. The van der Waals surface area contributed by atoms with E-state index in [2.05, 4.69) is 0 Å². The number of hydrogen-bond donors (Lipinski definition) is 0. The Labute approximate surface area is 228 Å². The Hall–Kier alpha value is -4.69. The fraction of sp³-hybridized carbons (Fsp3) is 0.231. The Balaban J connectivity index is 1.63. The van der Waals surface area contributed by atoms with E-state index in [1.54, 1.807) is 19.1 Å². The second kappa shape index (κ2) is 13.4. The molecular formula is C26H24N2O11S. The molecule has 3 aromatic carbocycles. The first-order chi connectivity index (χ1) is 19.0. The number of nitro benzene ring substituents is 2. The number of non-ortho nitro benzene ring substituents is 2. The number of carbonyl (C=O) groups excluding carboxylic acids is 2. The first-order valence-electron chi connectivity index (χ1n) is 11.8. The molecule has 1 atom stereocenters. The Morgan fingerprint density at radius 2 is 1.30 bits per heavy atom. The van der Waals surface area contributed by atoms with E-state index in [0.29, 0.717) is 0 Å². The number of nitrogens with zero attached hydrogens (tertiary/aromatic N) is 2. The third kappa shape index (κ3) is 8.41. The fourth-order valence-electron chi connectivity index (χ4n) is 3.33. The molecule has 0 amide bonds. The summed E-state index contributed by atoms with van der Waals surface area (Å²) in [5.41, 5.74) is 0.531. The van der Waals surface area contributed by atoms with Crippen molar-refractivity contribution in [3.8, 4) is 0 Å². The third-order valence-corrected chi connectivity index (χ3v) is 6.82. The van der Waals surface area contributed by atoms with Gasteiger partial charge in [-0.05, 0) is 56.2 Å². The number of hydrogen-bond acceptors (Lipinski definition) is 11. The second-order valence-corrected chi connectivity index (χ2v) is 10.1. The minimum atomic E-state index is -4.18. The molecule has 0 spiro atoms. The Bertz CT molecular complexity index is 1470. The van der Waals surface area contributed by atoms with Gasteiger partial charge in [0.05, 0.1) is 32.5 Å². The molecule has 3 aromatic rings. The van der Waals surface area contributed by atoms with E-state index in [-0.39, 0.29) is 46.8 Å². The summed E-state index contributed by atoms with van der Waals surface area (Å²) >= 11 is 0. The standard InChI is InChI=1S/C26H24N2O11S/c1-18-4-14-24(15-5-18)40(35,36)38-17-23(39-26(30)20-8-12-22(13-9-20)28(33)34)3-2-16-37-25(29)19-6-10-21(11-7-19)27(31)32/h4-15,23H,2-3,16-17H2,1H3/t23-/m0/s1. The lowest BCUT2D eigenvalue weighted by Gasteiger charge is -2.18. The average Bonchev–Trinajstić information content (AvgIpc) is 2.94. The number of esters is 2. The zero-order valence-electron chi connectivity index (χ0n) is 21.1. The summed E-state index contributed by atoms with van der Waals surface area (Å²) < 4.78 is 40.9. The summed E-state index contributed by atoms with van der Waals surface area (Å²) in [4.78, 5) is 45.1. The second-order valence-electron chi connectivity index (χ2n) is 8.47. The monoisotopic (exact) mass is 572 g/mol. The van der Waals surface area contributed by atoms with Crippen LogP contribution in [-0.2, 0) is 23.8 Å². The topological polar surface area (TPSA) is 182 Å². The molecule has 3 rings (SSSR count). The van der Waals surface area contributed by atoms with Crippen LogP contribution in [0, 0.1) is 27.2 Å². The van der Waals surface area contributed by atoms with Gasteiger partial charge in [0.15, 0.2) is 0 Å². The molecule has 40 heavy (non-hydrogen) atoms. The van der Waals surface area contributed by atoms with Crippen molar-refractivity contribution in [3.63, 3.8) is 0 Å². The van der Waals surface area contributed by atoms with Crippen molar-refractivity contribution in [1.82, 2.24) is 0 Å². The van der Waals surface area contributed by atoms with Crippen LogP contribution < -0.4 is 0 Å². The Kier molecular flexibility index (Phi) is 10.00. The van der Waals surface area contributed by atoms with E-state index in [4.69, 9.17) is 13.7 Å².